The van der Waals surface area contributed by atoms with Crippen LogP contribution >= 0.6 is 0 Å². The number of anilines is 3. The van der Waals surface area contributed by atoms with Crippen LogP contribution in [-0.4, -0.2) is 66.7 Å². The molecule has 1 aliphatic heterocycles. The summed E-state index contributed by atoms with van der Waals surface area (Å²) < 4.78 is 29.9. The van der Waals surface area contributed by atoms with Gasteiger partial charge in [-0.1, -0.05) is 0 Å². The van der Waals surface area contributed by atoms with Crippen LogP contribution in [0.5, 0.6) is 0 Å². The van der Waals surface area contributed by atoms with E-state index in [4.69, 9.17) is 14.7 Å². The van der Waals surface area contributed by atoms with Crippen LogP contribution in [-0.2, 0) is 19.3 Å². The highest BCUT2D eigenvalue weighted by Gasteiger charge is 2.55. The summed E-state index contributed by atoms with van der Waals surface area (Å²) in [5.41, 5.74) is 3.19. The Morgan fingerprint density at radius 3 is 2.56 bits per heavy atom. The Balaban J connectivity index is 1.44. The lowest BCUT2D eigenvalue weighted by Gasteiger charge is -2.34. The molecule has 3 heterocycles. The lowest BCUT2D eigenvalue weighted by atomic mass is 10.1. The molecule has 11 nitrogen and oxygen atoms in total. The number of morpholine rings is 1. The molecule has 1 saturated carbocycles. The van der Waals surface area contributed by atoms with Gasteiger partial charge in [-0.15, -0.1) is 0 Å². The molecule has 0 unspecified atom stereocenters. The summed E-state index contributed by atoms with van der Waals surface area (Å²) in [5.74, 6) is 1.14. The molecule has 1 aromatic carbocycles. The molecule has 1 aliphatic carbocycles. The summed E-state index contributed by atoms with van der Waals surface area (Å²) in [4.78, 5) is 24.0. The van der Waals surface area contributed by atoms with Crippen LogP contribution < -0.4 is 15.5 Å². The molecule has 0 bridgehead atoms. The highest BCUT2D eigenvalue weighted by molar-refractivity contribution is 7.91. The zero-order valence-electron chi connectivity index (χ0n) is 20.4. The van der Waals surface area contributed by atoms with E-state index in [1.165, 1.54) is 6.26 Å². The highest BCUT2D eigenvalue weighted by atomic mass is 32.2. The molecule has 1 atom stereocenters. The molecule has 5 rings (SSSR count). The Bertz CT molecular complexity index is 1380. The van der Waals surface area contributed by atoms with Crippen LogP contribution in [0.2, 0.25) is 0 Å². The molecule has 1 saturated heterocycles. The van der Waals surface area contributed by atoms with Crippen molar-refractivity contribution in [3.8, 4) is 11.4 Å². The van der Waals surface area contributed by atoms with Crippen LogP contribution in [0.15, 0.2) is 36.5 Å². The van der Waals surface area contributed by atoms with Crippen LogP contribution in [0.3, 0.4) is 0 Å². The van der Waals surface area contributed by atoms with E-state index < -0.39 is 20.6 Å². The van der Waals surface area contributed by atoms with Crippen molar-refractivity contribution >= 4 is 33.1 Å². The zero-order valence-corrected chi connectivity index (χ0v) is 21.2. The third kappa shape index (κ3) is 4.65. The van der Waals surface area contributed by atoms with E-state index in [1.54, 1.807) is 18.3 Å². The molecule has 12 heteroatoms. The van der Waals surface area contributed by atoms with E-state index in [0.717, 1.165) is 11.3 Å². The molecule has 2 amide bonds. The number of hydrogen-bond donors (Lipinski definition) is 3. The summed E-state index contributed by atoms with van der Waals surface area (Å²) in [5, 5.41) is 12.2. The number of H-pyrrole nitrogens is 1. The van der Waals surface area contributed by atoms with E-state index in [2.05, 4.69) is 32.7 Å². The number of nitrogens with one attached hydrogen (secondary N) is 3. The van der Waals surface area contributed by atoms with Crippen LogP contribution in [0.1, 0.15) is 31.2 Å². The fourth-order valence-corrected chi connectivity index (χ4v) is 5.73. The van der Waals surface area contributed by atoms with Gasteiger partial charge in [-0.2, -0.15) is 5.10 Å². The molecule has 0 radical (unpaired) electrons. The van der Waals surface area contributed by atoms with Crippen LogP contribution in [0, 0.1) is 6.92 Å². The van der Waals surface area contributed by atoms with Crippen molar-refractivity contribution in [2.45, 2.75) is 37.5 Å². The first kappa shape index (κ1) is 24.2. The van der Waals surface area contributed by atoms with E-state index in [9.17, 15) is 13.2 Å². The Hall–Kier alpha value is -3.51. The number of amides is 2. The van der Waals surface area contributed by atoms with Crippen molar-refractivity contribution in [1.29, 1.82) is 0 Å². The van der Waals surface area contributed by atoms with Gasteiger partial charge in [-0.05, 0) is 51.0 Å². The number of sulfone groups is 1. The van der Waals surface area contributed by atoms with Gasteiger partial charge in [0, 0.05) is 30.1 Å². The first-order valence-electron chi connectivity index (χ1n) is 11.8. The van der Waals surface area contributed by atoms with Gasteiger partial charge in [0.15, 0.2) is 15.7 Å². The van der Waals surface area contributed by atoms with Gasteiger partial charge in [-0.25, -0.2) is 23.2 Å². The van der Waals surface area contributed by atoms with Crippen LogP contribution in [0.4, 0.5) is 22.0 Å². The van der Waals surface area contributed by atoms with Crippen molar-refractivity contribution in [1.82, 2.24) is 20.2 Å². The Morgan fingerprint density at radius 1 is 1.19 bits per heavy atom. The number of ether oxygens (including phenoxy) is 1. The monoisotopic (exact) mass is 511 g/mol. The predicted octanol–water partition coefficient (Wildman–Crippen LogP) is 3.08. The third-order valence-corrected chi connectivity index (χ3v) is 8.77. The lowest BCUT2D eigenvalue weighted by Crippen LogP contribution is -2.44. The first-order chi connectivity index (χ1) is 17.2. The summed E-state index contributed by atoms with van der Waals surface area (Å²) in [6.07, 6.45) is 3.91. The van der Waals surface area contributed by atoms with Gasteiger partial charge in [0.2, 0.25) is 0 Å². The summed E-state index contributed by atoms with van der Waals surface area (Å²) >= 11 is 0. The molecule has 3 aromatic rings. The van der Waals surface area contributed by atoms with Gasteiger partial charge in [0.25, 0.3) is 0 Å². The minimum Gasteiger partial charge on any atom is -0.377 e. The number of nitrogens with zero attached hydrogens (tertiary/aromatic N) is 4. The quantitative estimate of drug-likeness (QED) is 0.458. The van der Waals surface area contributed by atoms with E-state index in [1.807, 2.05) is 25.1 Å². The molecule has 2 aliphatic rings. The smallest absolute Gasteiger partial charge is 0.323 e. The zero-order chi connectivity index (χ0) is 25.5. The summed E-state index contributed by atoms with van der Waals surface area (Å²) in [7, 11) is -3.34. The number of rotatable bonds is 6. The predicted molar refractivity (Wildman–Crippen MR) is 137 cm³/mol. The molecular weight excluding hydrogens is 482 g/mol. The molecular formula is C24H29N7O4S. The highest BCUT2D eigenvalue weighted by Crippen LogP contribution is 2.52. The van der Waals surface area contributed by atoms with Crippen molar-refractivity contribution < 1.29 is 17.9 Å². The lowest BCUT2D eigenvalue weighted by molar-refractivity contribution is 0.0985. The van der Waals surface area contributed by atoms with Gasteiger partial charge < -0.3 is 20.3 Å². The maximum absolute atomic E-state index is 12.7. The molecule has 2 aromatic heterocycles. The number of aryl methyl sites for hydroxylation is 1. The average Bonchev–Trinajstić information content (AvgIpc) is 3.58. The number of aromatic nitrogens is 4. The van der Waals surface area contributed by atoms with E-state index in [0.29, 0.717) is 61.3 Å². The van der Waals surface area contributed by atoms with Crippen molar-refractivity contribution in [2.75, 3.05) is 41.5 Å². The maximum Gasteiger partial charge on any atom is 0.323 e. The standard InChI is InChI=1S/C24H29N7O4S/c1-15-14-35-11-10-31(15)21-12-20(24(8-9-24)36(3,33)34)28-22(29-21)17-4-6-18(7-5-17)26-23(32)27-19-13-25-30-16(19)2/h4-7,12-13,15H,8-11,14H2,1-3H3,(H,25,30)(H2,26,27,32)/t15-/m0/s1. The number of urea groups is 1. The second-order valence-electron chi connectivity index (χ2n) is 9.38. The normalized spacial score (nSPS) is 19.1. The number of carbonyl (C=O) groups excluding carboxylic acids is 1. The second-order valence-corrected chi connectivity index (χ2v) is 11.7. The average molecular weight is 512 g/mol. The van der Waals surface area contributed by atoms with Crippen molar-refractivity contribution in [3.63, 3.8) is 0 Å². The first-order valence-corrected chi connectivity index (χ1v) is 13.7. The van der Waals surface area contributed by atoms with Gasteiger partial charge in [0.1, 0.15) is 10.6 Å². The van der Waals surface area contributed by atoms with E-state index in [-0.39, 0.29) is 6.04 Å². The fraction of sp³-hybridized carbons (Fsp3) is 0.417. The number of carbonyl (C=O) groups is 1. The minimum absolute atomic E-state index is 0.103. The molecule has 3 N–H and O–H groups in total. The molecule has 0 spiro atoms. The van der Waals surface area contributed by atoms with Gasteiger partial charge >= 0.3 is 6.03 Å². The van der Waals surface area contributed by atoms with Gasteiger partial charge in [0.05, 0.1) is 42.5 Å². The minimum atomic E-state index is -3.34. The molecule has 2 fully saturated rings. The Labute approximate surface area is 209 Å². The molecule has 190 valence electrons. The summed E-state index contributed by atoms with van der Waals surface area (Å²) in [6, 6.07) is 8.66. The number of aromatic amines is 1. The van der Waals surface area contributed by atoms with E-state index >= 15 is 0 Å². The van der Waals surface area contributed by atoms with Crippen molar-refractivity contribution in [2.24, 2.45) is 0 Å². The maximum atomic E-state index is 12.7. The Kier molecular flexibility index (Phi) is 6.17. The summed E-state index contributed by atoms with van der Waals surface area (Å²) in [6.45, 7) is 5.69. The SMILES string of the molecule is Cc1[nH]ncc1NC(=O)Nc1ccc(-c2nc(N3CCOC[C@@H]3C)cc(C3(S(C)(=O)=O)CC3)n2)cc1. The largest absolute Gasteiger partial charge is 0.377 e. The topological polar surface area (TPSA) is 142 Å². The second kappa shape index (κ2) is 9.17. The Morgan fingerprint density at radius 2 is 1.94 bits per heavy atom. The number of benzene rings is 1. The third-order valence-electron chi connectivity index (χ3n) is 6.73. The molecule has 36 heavy (non-hydrogen) atoms. The number of hydrogen-bond acceptors (Lipinski definition) is 8. The van der Waals surface area contributed by atoms with Gasteiger partial charge in [-0.3, -0.25) is 5.10 Å². The van der Waals surface area contributed by atoms with Crippen LogP contribution in [0.25, 0.3) is 11.4 Å². The fourth-order valence-electron chi connectivity index (χ4n) is 4.41. The van der Waals surface area contributed by atoms with Crippen molar-refractivity contribution in [3.05, 3.63) is 47.9 Å².